The van der Waals surface area contributed by atoms with Gasteiger partial charge < -0.3 is 15.0 Å². The van der Waals surface area contributed by atoms with Gasteiger partial charge in [0.05, 0.1) is 11.8 Å². The summed E-state index contributed by atoms with van der Waals surface area (Å²) in [6, 6.07) is 1.96. The first-order valence-corrected chi connectivity index (χ1v) is 6.37. The Bertz CT molecular complexity index is 509. The lowest BCUT2D eigenvalue weighted by atomic mass is 10.0. The highest BCUT2D eigenvalue weighted by Gasteiger charge is 2.09. The third kappa shape index (κ3) is 2.61. The van der Waals surface area contributed by atoms with E-state index in [1.807, 2.05) is 17.7 Å². The molecule has 2 N–H and O–H groups in total. The summed E-state index contributed by atoms with van der Waals surface area (Å²) in [6.45, 7) is 3.19. The summed E-state index contributed by atoms with van der Waals surface area (Å²) in [7, 11) is 1.97. The number of aliphatic hydroxyl groups is 1. The predicted octanol–water partition coefficient (Wildman–Crippen LogP) is 1.79. The van der Waals surface area contributed by atoms with Gasteiger partial charge in [-0.05, 0) is 18.4 Å². The molecule has 5 heteroatoms. The molecule has 98 valence electrons. The van der Waals surface area contributed by atoms with E-state index in [0.717, 1.165) is 36.2 Å². The zero-order valence-electron chi connectivity index (χ0n) is 10.9. The van der Waals surface area contributed by atoms with Crippen LogP contribution in [-0.2, 0) is 7.05 Å². The first-order chi connectivity index (χ1) is 8.76. The smallest absolute Gasteiger partial charge is 0.154 e. The van der Waals surface area contributed by atoms with Crippen molar-refractivity contribution in [1.29, 1.82) is 0 Å². The minimum absolute atomic E-state index is 0.238. The molecule has 0 saturated carbocycles. The van der Waals surface area contributed by atoms with Crippen LogP contribution >= 0.6 is 0 Å². The molecule has 2 aromatic rings. The van der Waals surface area contributed by atoms with Gasteiger partial charge in [-0.3, -0.25) is 0 Å². The van der Waals surface area contributed by atoms with Crippen molar-refractivity contribution in [1.82, 2.24) is 14.5 Å². The quantitative estimate of drug-likeness (QED) is 0.818. The van der Waals surface area contributed by atoms with E-state index in [1.54, 1.807) is 12.5 Å². The molecular weight excluding hydrogens is 228 g/mol. The number of nitrogens with zero attached hydrogens (tertiary/aromatic N) is 3. The monoisotopic (exact) mass is 248 g/mol. The number of rotatable bonds is 6. The second kappa shape index (κ2) is 5.82. The van der Waals surface area contributed by atoms with Crippen LogP contribution < -0.4 is 5.32 Å². The highest BCUT2D eigenvalue weighted by molar-refractivity contribution is 5.85. The standard InChI is InChI=1S/C13H20N4O/c1-3-10(5-7-18)8-15-13-12-11(4-6-14-13)17(2)9-16-12/h4,6,9-10,18H,3,5,7-8H2,1-2H3,(H,14,15). The second-order valence-corrected chi connectivity index (χ2v) is 4.55. The fourth-order valence-corrected chi connectivity index (χ4v) is 2.07. The van der Waals surface area contributed by atoms with Gasteiger partial charge >= 0.3 is 0 Å². The highest BCUT2D eigenvalue weighted by atomic mass is 16.3. The molecule has 1 atom stereocenters. The molecule has 0 aromatic carbocycles. The van der Waals surface area contributed by atoms with Gasteiger partial charge in [0.25, 0.3) is 0 Å². The lowest BCUT2D eigenvalue weighted by Crippen LogP contribution is -2.15. The number of hydrogen-bond acceptors (Lipinski definition) is 4. The summed E-state index contributed by atoms with van der Waals surface area (Å²) in [5.74, 6) is 1.29. The van der Waals surface area contributed by atoms with E-state index in [1.165, 1.54) is 0 Å². The molecule has 2 heterocycles. The highest BCUT2D eigenvalue weighted by Crippen LogP contribution is 2.19. The molecule has 0 amide bonds. The molecule has 18 heavy (non-hydrogen) atoms. The second-order valence-electron chi connectivity index (χ2n) is 4.55. The molecular formula is C13H20N4O. The summed E-state index contributed by atoms with van der Waals surface area (Å²) in [4.78, 5) is 8.69. The Morgan fingerprint density at radius 3 is 3.00 bits per heavy atom. The average Bonchev–Trinajstić information content (AvgIpc) is 2.77. The van der Waals surface area contributed by atoms with Crippen molar-refractivity contribution in [2.24, 2.45) is 13.0 Å². The number of aromatic nitrogens is 3. The Morgan fingerprint density at radius 1 is 1.44 bits per heavy atom. The fourth-order valence-electron chi connectivity index (χ4n) is 2.07. The summed E-state index contributed by atoms with van der Waals surface area (Å²) >= 11 is 0. The Balaban J connectivity index is 2.12. The summed E-state index contributed by atoms with van der Waals surface area (Å²) in [6.07, 6.45) is 5.45. The van der Waals surface area contributed by atoms with Crippen molar-refractivity contribution in [2.45, 2.75) is 19.8 Å². The first kappa shape index (κ1) is 12.8. The maximum absolute atomic E-state index is 8.98. The lowest BCUT2D eigenvalue weighted by Gasteiger charge is -2.14. The molecule has 0 aliphatic heterocycles. The Labute approximate surface area is 107 Å². The fraction of sp³-hybridized carbons (Fsp3) is 0.538. The van der Waals surface area contributed by atoms with Crippen LogP contribution in [0.4, 0.5) is 5.82 Å². The number of pyridine rings is 1. The van der Waals surface area contributed by atoms with Crippen molar-refractivity contribution >= 4 is 16.9 Å². The zero-order chi connectivity index (χ0) is 13.0. The molecule has 2 aromatic heterocycles. The van der Waals surface area contributed by atoms with Crippen LogP contribution in [0.25, 0.3) is 11.0 Å². The molecule has 1 unspecified atom stereocenters. The van der Waals surface area contributed by atoms with Gasteiger partial charge in [0.1, 0.15) is 5.52 Å². The number of aliphatic hydroxyl groups excluding tert-OH is 1. The Kier molecular flexibility index (Phi) is 4.15. The zero-order valence-corrected chi connectivity index (χ0v) is 10.9. The molecule has 0 bridgehead atoms. The summed E-state index contributed by atoms with van der Waals surface area (Å²) < 4.78 is 1.98. The van der Waals surface area contributed by atoms with Gasteiger partial charge in [0.15, 0.2) is 5.82 Å². The van der Waals surface area contributed by atoms with Crippen LogP contribution in [0, 0.1) is 5.92 Å². The number of imidazole rings is 1. The van der Waals surface area contributed by atoms with Crippen molar-refractivity contribution in [3.63, 3.8) is 0 Å². The van der Waals surface area contributed by atoms with Crippen LogP contribution in [0.5, 0.6) is 0 Å². The summed E-state index contributed by atoms with van der Waals surface area (Å²) in [5, 5.41) is 12.3. The van der Waals surface area contributed by atoms with Crippen LogP contribution in [0.1, 0.15) is 19.8 Å². The van der Waals surface area contributed by atoms with Crippen molar-refractivity contribution < 1.29 is 5.11 Å². The molecule has 0 fully saturated rings. The Hall–Kier alpha value is -1.62. The molecule has 0 aliphatic carbocycles. The third-order valence-corrected chi connectivity index (χ3v) is 3.32. The van der Waals surface area contributed by atoms with Gasteiger partial charge in [-0.2, -0.15) is 0 Å². The van der Waals surface area contributed by atoms with Crippen LogP contribution in [0.15, 0.2) is 18.6 Å². The van der Waals surface area contributed by atoms with E-state index in [4.69, 9.17) is 5.11 Å². The summed E-state index contributed by atoms with van der Waals surface area (Å²) in [5.41, 5.74) is 1.97. The van der Waals surface area contributed by atoms with Gasteiger partial charge in [-0.25, -0.2) is 9.97 Å². The SMILES string of the molecule is CCC(CCO)CNc1nccc2c1ncn2C. The van der Waals surface area contributed by atoms with Gasteiger partial charge in [-0.1, -0.05) is 13.3 Å². The number of nitrogens with one attached hydrogen (secondary N) is 1. The molecule has 0 spiro atoms. The van der Waals surface area contributed by atoms with Gasteiger partial charge in [0.2, 0.25) is 0 Å². The first-order valence-electron chi connectivity index (χ1n) is 6.37. The van der Waals surface area contributed by atoms with E-state index >= 15 is 0 Å². The minimum atomic E-state index is 0.238. The largest absolute Gasteiger partial charge is 0.396 e. The molecule has 0 saturated heterocycles. The molecule has 0 aliphatic rings. The van der Waals surface area contributed by atoms with Gasteiger partial charge in [0, 0.05) is 26.4 Å². The maximum Gasteiger partial charge on any atom is 0.154 e. The van der Waals surface area contributed by atoms with E-state index < -0.39 is 0 Å². The van der Waals surface area contributed by atoms with Gasteiger partial charge in [-0.15, -0.1) is 0 Å². The van der Waals surface area contributed by atoms with E-state index in [9.17, 15) is 0 Å². The minimum Gasteiger partial charge on any atom is -0.396 e. The number of aryl methyl sites for hydroxylation is 1. The van der Waals surface area contributed by atoms with Crippen molar-refractivity contribution in [3.8, 4) is 0 Å². The van der Waals surface area contributed by atoms with Crippen LogP contribution in [0.2, 0.25) is 0 Å². The molecule has 0 radical (unpaired) electrons. The lowest BCUT2D eigenvalue weighted by molar-refractivity contribution is 0.258. The van der Waals surface area contributed by atoms with E-state index in [2.05, 4.69) is 22.2 Å². The van der Waals surface area contributed by atoms with E-state index in [-0.39, 0.29) is 6.61 Å². The molecule has 5 nitrogen and oxygen atoms in total. The number of hydrogen-bond donors (Lipinski definition) is 2. The normalized spacial score (nSPS) is 12.8. The van der Waals surface area contributed by atoms with Crippen molar-refractivity contribution in [3.05, 3.63) is 18.6 Å². The topological polar surface area (TPSA) is 63.0 Å². The van der Waals surface area contributed by atoms with Crippen molar-refractivity contribution in [2.75, 3.05) is 18.5 Å². The average molecular weight is 248 g/mol. The van der Waals surface area contributed by atoms with Crippen LogP contribution in [0.3, 0.4) is 0 Å². The Morgan fingerprint density at radius 2 is 2.28 bits per heavy atom. The maximum atomic E-state index is 8.98. The number of anilines is 1. The van der Waals surface area contributed by atoms with Crippen LogP contribution in [-0.4, -0.2) is 32.8 Å². The number of fused-ring (bicyclic) bond motifs is 1. The third-order valence-electron chi connectivity index (χ3n) is 3.32. The van der Waals surface area contributed by atoms with E-state index in [0.29, 0.717) is 5.92 Å². The molecule has 2 rings (SSSR count). The predicted molar refractivity (Wildman–Crippen MR) is 72.5 cm³/mol.